The second-order valence-corrected chi connectivity index (χ2v) is 2.23. The van der Waals surface area contributed by atoms with Crippen LogP contribution in [-0.2, 0) is 6.54 Å². The van der Waals surface area contributed by atoms with Crippen LogP contribution in [0, 0.1) is 0 Å². The quantitative estimate of drug-likeness (QED) is 0.819. The van der Waals surface area contributed by atoms with Crippen LogP contribution in [0.15, 0.2) is 24.3 Å². The number of hydrogen-bond donors (Lipinski definition) is 1. The minimum atomic E-state index is -2.77. The molecule has 1 aromatic rings. The van der Waals surface area contributed by atoms with Gasteiger partial charge in [0.15, 0.2) is 0 Å². The Morgan fingerprint density at radius 2 is 1.71 bits per heavy atom. The Labute approximate surface area is 82.7 Å². The van der Waals surface area contributed by atoms with Gasteiger partial charge in [-0.25, -0.2) is 0 Å². The summed E-state index contributed by atoms with van der Waals surface area (Å²) in [4.78, 5) is 0. The van der Waals surface area contributed by atoms with Gasteiger partial charge in [0.05, 0.1) is 0 Å². The number of halogens is 2. The highest BCUT2D eigenvalue weighted by molar-refractivity contribution is 5.26. The molecule has 0 fully saturated rings. The molecule has 0 aliphatic rings. The van der Waals surface area contributed by atoms with E-state index in [2.05, 4.69) is 4.74 Å². The van der Waals surface area contributed by atoms with Crippen LogP contribution in [0.25, 0.3) is 0 Å². The summed E-state index contributed by atoms with van der Waals surface area (Å²) in [6, 6.07) is 6.23. The first-order valence-electron chi connectivity index (χ1n) is 4.46. The summed E-state index contributed by atoms with van der Waals surface area (Å²) < 4.78 is 27.5. The zero-order chi connectivity index (χ0) is 11.0. The molecule has 0 saturated carbocycles. The van der Waals surface area contributed by atoms with E-state index in [0.717, 1.165) is 5.56 Å². The van der Waals surface area contributed by atoms with Gasteiger partial charge in [-0.15, -0.1) is 0 Å². The molecule has 0 spiro atoms. The summed E-state index contributed by atoms with van der Waals surface area (Å²) in [7, 11) is 0. The van der Waals surface area contributed by atoms with Gasteiger partial charge in [-0.1, -0.05) is 26.0 Å². The maximum absolute atomic E-state index is 11.7. The number of benzene rings is 1. The van der Waals surface area contributed by atoms with Crippen LogP contribution in [0.1, 0.15) is 19.4 Å². The van der Waals surface area contributed by atoms with Crippen molar-refractivity contribution in [3.63, 3.8) is 0 Å². The lowest BCUT2D eigenvalue weighted by Crippen LogP contribution is -2.02. The molecular weight excluding hydrogens is 188 g/mol. The normalized spacial score (nSPS) is 9.29. The molecule has 14 heavy (non-hydrogen) atoms. The summed E-state index contributed by atoms with van der Waals surface area (Å²) >= 11 is 0. The maximum atomic E-state index is 11.7. The Kier molecular flexibility index (Phi) is 6.66. The first kappa shape index (κ1) is 12.8. The van der Waals surface area contributed by atoms with Crippen LogP contribution in [0.3, 0.4) is 0 Å². The average Bonchev–Trinajstić information content (AvgIpc) is 2.21. The third-order valence-electron chi connectivity index (χ3n) is 1.38. The van der Waals surface area contributed by atoms with E-state index in [9.17, 15) is 8.78 Å². The minimum Gasteiger partial charge on any atom is -0.435 e. The number of hydrogen-bond acceptors (Lipinski definition) is 2. The van der Waals surface area contributed by atoms with Gasteiger partial charge in [0.1, 0.15) is 5.75 Å². The van der Waals surface area contributed by atoms with E-state index < -0.39 is 6.61 Å². The third-order valence-corrected chi connectivity index (χ3v) is 1.38. The van der Waals surface area contributed by atoms with Gasteiger partial charge in [0.2, 0.25) is 0 Å². The van der Waals surface area contributed by atoms with Crippen molar-refractivity contribution < 1.29 is 13.5 Å². The topological polar surface area (TPSA) is 35.2 Å². The van der Waals surface area contributed by atoms with E-state index in [0.29, 0.717) is 6.54 Å². The fraction of sp³-hybridized carbons (Fsp3) is 0.400. The van der Waals surface area contributed by atoms with Crippen molar-refractivity contribution in [3.8, 4) is 5.75 Å². The molecule has 2 nitrogen and oxygen atoms in total. The zero-order valence-electron chi connectivity index (χ0n) is 8.34. The van der Waals surface area contributed by atoms with E-state index in [1.807, 2.05) is 13.8 Å². The van der Waals surface area contributed by atoms with Crippen LogP contribution < -0.4 is 10.5 Å². The smallest absolute Gasteiger partial charge is 0.387 e. The molecule has 0 aromatic heterocycles. The summed E-state index contributed by atoms with van der Waals surface area (Å²) in [6.07, 6.45) is 0. The monoisotopic (exact) mass is 203 g/mol. The maximum Gasteiger partial charge on any atom is 0.387 e. The van der Waals surface area contributed by atoms with Crippen LogP contribution in [0.5, 0.6) is 5.75 Å². The molecule has 0 radical (unpaired) electrons. The predicted molar refractivity (Wildman–Crippen MR) is 52.3 cm³/mol. The van der Waals surface area contributed by atoms with E-state index in [1.54, 1.807) is 12.1 Å². The van der Waals surface area contributed by atoms with Crippen molar-refractivity contribution in [3.05, 3.63) is 29.8 Å². The SMILES string of the molecule is CC.NCc1ccc(OC(F)F)cc1. The standard InChI is InChI=1S/C8H9F2NO.C2H6/c9-8(10)12-7-3-1-6(5-11)2-4-7;1-2/h1-4,8H,5,11H2;1-2H3. The van der Waals surface area contributed by atoms with E-state index in [4.69, 9.17) is 5.73 Å². The highest BCUT2D eigenvalue weighted by atomic mass is 19.3. The molecule has 0 amide bonds. The van der Waals surface area contributed by atoms with Crippen LogP contribution in [0.2, 0.25) is 0 Å². The van der Waals surface area contributed by atoms with E-state index >= 15 is 0 Å². The van der Waals surface area contributed by atoms with E-state index in [1.165, 1.54) is 12.1 Å². The Bertz CT molecular complexity index is 236. The fourth-order valence-corrected chi connectivity index (χ4v) is 0.807. The number of rotatable bonds is 3. The molecule has 1 aromatic carbocycles. The van der Waals surface area contributed by atoms with Crippen molar-refractivity contribution in [2.75, 3.05) is 0 Å². The zero-order valence-corrected chi connectivity index (χ0v) is 8.34. The first-order chi connectivity index (χ1) is 6.72. The predicted octanol–water partition coefficient (Wildman–Crippen LogP) is 2.77. The fourth-order valence-electron chi connectivity index (χ4n) is 0.807. The summed E-state index contributed by atoms with van der Waals surface area (Å²) in [6.45, 7) is 1.63. The molecule has 4 heteroatoms. The molecular formula is C10H15F2NO. The van der Waals surface area contributed by atoms with Gasteiger partial charge < -0.3 is 10.5 Å². The summed E-state index contributed by atoms with van der Waals surface area (Å²) in [5.41, 5.74) is 6.20. The summed E-state index contributed by atoms with van der Waals surface area (Å²) in [5.74, 6) is 0.155. The Hall–Kier alpha value is -1.16. The first-order valence-corrected chi connectivity index (χ1v) is 4.46. The number of nitrogens with two attached hydrogens (primary N) is 1. The van der Waals surface area contributed by atoms with Crippen LogP contribution in [-0.4, -0.2) is 6.61 Å². The molecule has 0 unspecified atom stereocenters. The van der Waals surface area contributed by atoms with Gasteiger partial charge in [0, 0.05) is 6.54 Å². The molecule has 80 valence electrons. The van der Waals surface area contributed by atoms with Gasteiger partial charge >= 0.3 is 6.61 Å². The van der Waals surface area contributed by atoms with Crippen molar-refractivity contribution in [2.24, 2.45) is 5.73 Å². The molecule has 0 aliphatic heterocycles. The highest BCUT2D eigenvalue weighted by Gasteiger charge is 2.02. The molecule has 0 atom stereocenters. The highest BCUT2D eigenvalue weighted by Crippen LogP contribution is 2.14. The molecule has 0 bridgehead atoms. The Morgan fingerprint density at radius 1 is 1.21 bits per heavy atom. The minimum absolute atomic E-state index is 0.155. The lowest BCUT2D eigenvalue weighted by molar-refractivity contribution is -0.0498. The Balaban J connectivity index is 0.000000791. The van der Waals surface area contributed by atoms with Crippen molar-refractivity contribution in [1.29, 1.82) is 0 Å². The molecule has 1 rings (SSSR count). The lowest BCUT2D eigenvalue weighted by atomic mass is 10.2. The van der Waals surface area contributed by atoms with Crippen LogP contribution >= 0.6 is 0 Å². The largest absolute Gasteiger partial charge is 0.435 e. The van der Waals surface area contributed by atoms with E-state index in [-0.39, 0.29) is 5.75 Å². The van der Waals surface area contributed by atoms with Gasteiger partial charge in [0.25, 0.3) is 0 Å². The molecule has 2 N–H and O–H groups in total. The van der Waals surface area contributed by atoms with Gasteiger partial charge in [-0.3, -0.25) is 0 Å². The van der Waals surface area contributed by atoms with Crippen molar-refractivity contribution >= 4 is 0 Å². The second kappa shape index (κ2) is 7.26. The molecule has 0 saturated heterocycles. The van der Waals surface area contributed by atoms with Crippen LogP contribution in [0.4, 0.5) is 8.78 Å². The number of ether oxygens (including phenoxy) is 1. The van der Waals surface area contributed by atoms with Gasteiger partial charge in [-0.2, -0.15) is 8.78 Å². The Morgan fingerprint density at radius 3 is 2.07 bits per heavy atom. The van der Waals surface area contributed by atoms with Crippen molar-refractivity contribution in [2.45, 2.75) is 27.0 Å². The number of alkyl halides is 2. The second-order valence-electron chi connectivity index (χ2n) is 2.23. The lowest BCUT2D eigenvalue weighted by Gasteiger charge is -2.03. The molecule has 0 aliphatic carbocycles. The van der Waals surface area contributed by atoms with Crippen molar-refractivity contribution in [1.82, 2.24) is 0 Å². The average molecular weight is 203 g/mol. The molecule has 0 heterocycles. The summed E-state index contributed by atoms with van der Waals surface area (Å²) in [5, 5.41) is 0. The third kappa shape index (κ3) is 4.77. The van der Waals surface area contributed by atoms with Gasteiger partial charge in [-0.05, 0) is 17.7 Å².